The van der Waals surface area contributed by atoms with Gasteiger partial charge in [-0.05, 0) is 47.9 Å². The molecule has 2 N–H and O–H groups in total. The molecular formula is C22H22N2O5. The lowest BCUT2D eigenvalue weighted by molar-refractivity contribution is -0.122. The molecule has 0 saturated heterocycles. The predicted molar refractivity (Wildman–Crippen MR) is 109 cm³/mol. The summed E-state index contributed by atoms with van der Waals surface area (Å²) in [6.45, 7) is 0. The number of phenolic OH excluding ortho intramolecular Hbond substituents is 1. The molecule has 1 heterocycles. The van der Waals surface area contributed by atoms with Gasteiger partial charge in [0.15, 0.2) is 11.5 Å². The summed E-state index contributed by atoms with van der Waals surface area (Å²) in [6.07, 6.45) is 2.44. The average molecular weight is 394 g/mol. The van der Waals surface area contributed by atoms with Gasteiger partial charge in [0.25, 0.3) is 0 Å². The number of hydrogen-bond donors (Lipinski definition) is 2. The number of nitrogens with one attached hydrogen (secondary N) is 1. The number of fused-ring (bicyclic) bond motifs is 1. The number of carbonyl (C=O) groups is 1. The number of benzene rings is 2. The summed E-state index contributed by atoms with van der Waals surface area (Å²) < 4.78 is 15.9. The Hall–Kier alpha value is -3.48. The van der Waals surface area contributed by atoms with E-state index in [-0.39, 0.29) is 17.6 Å². The molecule has 4 rings (SSSR count). The molecule has 2 aliphatic rings. The minimum atomic E-state index is -0.391. The van der Waals surface area contributed by atoms with E-state index in [2.05, 4.69) is 10.5 Å². The van der Waals surface area contributed by atoms with Crippen LogP contribution in [0.15, 0.2) is 47.6 Å². The summed E-state index contributed by atoms with van der Waals surface area (Å²) in [5, 5.41) is 14.7. The standard InChI is InChI=1S/C22H22N2O5/c1-27-14-5-6-15(18(25)11-14)13-8-16(21-17(9-13)23-24-22(21)26)12-4-7-19(28-2)20(10-12)29-3/h4-7,9-11,16,21,25H,8H2,1-3H3,(H,24,26). The Labute approximate surface area is 168 Å². The fraction of sp³-hybridized carbons (Fsp3) is 0.273. The number of ether oxygens (including phenoxy) is 3. The Morgan fingerprint density at radius 3 is 2.52 bits per heavy atom. The van der Waals surface area contributed by atoms with E-state index in [0.717, 1.165) is 11.1 Å². The number of methoxy groups -OCH3 is 3. The topological polar surface area (TPSA) is 89.4 Å². The number of hydrogen-bond acceptors (Lipinski definition) is 6. The maximum Gasteiger partial charge on any atom is 0.249 e. The molecule has 0 radical (unpaired) electrons. The number of carbonyl (C=O) groups excluding carboxylic acids is 1. The van der Waals surface area contributed by atoms with Crippen molar-refractivity contribution in [2.75, 3.05) is 21.3 Å². The van der Waals surface area contributed by atoms with Gasteiger partial charge in [-0.2, -0.15) is 5.10 Å². The normalized spacial score (nSPS) is 20.3. The molecule has 2 aromatic carbocycles. The van der Waals surface area contributed by atoms with E-state index in [0.29, 0.717) is 34.9 Å². The van der Waals surface area contributed by atoms with E-state index >= 15 is 0 Å². The molecule has 7 nitrogen and oxygen atoms in total. The first-order valence-corrected chi connectivity index (χ1v) is 9.23. The number of nitrogens with zero attached hydrogens (tertiary/aromatic N) is 1. The van der Waals surface area contributed by atoms with E-state index in [4.69, 9.17) is 14.2 Å². The number of amides is 1. The van der Waals surface area contributed by atoms with Crippen LogP contribution in [0.3, 0.4) is 0 Å². The quantitative estimate of drug-likeness (QED) is 0.814. The number of phenols is 1. The van der Waals surface area contributed by atoms with Crippen LogP contribution in [0.1, 0.15) is 23.5 Å². The average Bonchev–Trinajstić information content (AvgIpc) is 3.13. The van der Waals surface area contributed by atoms with E-state index in [1.165, 1.54) is 0 Å². The lowest BCUT2D eigenvalue weighted by atomic mass is 9.73. The van der Waals surface area contributed by atoms with Crippen molar-refractivity contribution in [2.45, 2.75) is 12.3 Å². The smallest absolute Gasteiger partial charge is 0.249 e. The second-order valence-electron chi connectivity index (χ2n) is 6.97. The van der Waals surface area contributed by atoms with Crippen molar-refractivity contribution in [3.8, 4) is 23.0 Å². The van der Waals surface area contributed by atoms with Gasteiger partial charge in [-0.3, -0.25) is 4.79 Å². The van der Waals surface area contributed by atoms with Crippen molar-refractivity contribution >= 4 is 17.2 Å². The zero-order chi connectivity index (χ0) is 20.5. The highest BCUT2D eigenvalue weighted by molar-refractivity contribution is 6.17. The van der Waals surface area contributed by atoms with Crippen LogP contribution in [0.2, 0.25) is 0 Å². The maximum atomic E-state index is 12.5. The molecule has 2 aromatic rings. The monoisotopic (exact) mass is 394 g/mol. The van der Waals surface area contributed by atoms with Crippen LogP contribution in [0, 0.1) is 5.92 Å². The first kappa shape index (κ1) is 18.9. The van der Waals surface area contributed by atoms with Crippen LogP contribution in [0.5, 0.6) is 23.0 Å². The molecule has 7 heteroatoms. The van der Waals surface area contributed by atoms with Crippen molar-refractivity contribution in [1.29, 1.82) is 0 Å². The first-order chi connectivity index (χ1) is 14.0. The molecule has 1 aliphatic heterocycles. The third-order valence-electron chi connectivity index (χ3n) is 5.45. The van der Waals surface area contributed by atoms with E-state index in [1.54, 1.807) is 33.5 Å². The molecule has 0 fully saturated rings. The summed E-state index contributed by atoms with van der Waals surface area (Å²) >= 11 is 0. The van der Waals surface area contributed by atoms with Gasteiger partial charge in [-0.25, -0.2) is 5.43 Å². The largest absolute Gasteiger partial charge is 0.507 e. The highest BCUT2D eigenvalue weighted by atomic mass is 16.5. The van der Waals surface area contributed by atoms with E-state index in [9.17, 15) is 9.90 Å². The summed E-state index contributed by atoms with van der Waals surface area (Å²) in [4.78, 5) is 12.5. The fourth-order valence-electron chi connectivity index (χ4n) is 3.99. The molecule has 0 aromatic heterocycles. The van der Waals surface area contributed by atoms with Gasteiger partial charge < -0.3 is 19.3 Å². The Morgan fingerprint density at radius 2 is 1.83 bits per heavy atom. The minimum absolute atomic E-state index is 0.123. The highest BCUT2D eigenvalue weighted by Crippen LogP contribution is 2.45. The Bertz CT molecular complexity index is 1030. The van der Waals surface area contributed by atoms with Crippen molar-refractivity contribution in [1.82, 2.24) is 5.43 Å². The van der Waals surface area contributed by atoms with Crippen LogP contribution in [-0.4, -0.2) is 38.1 Å². The number of rotatable bonds is 5. The van der Waals surface area contributed by atoms with Gasteiger partial charge in [0.2, 0.25) is 5.91 Å². The molecule has 0 spiro atoms. The van der Waals surface area contributed by atoms with Crippen LogP contribution in [0.4, 0.5) is 0 Å². The molecule has 1 amide bonds. The summed E-state index contributed by atoms with van der Waals surface area (Å²) in [5.41, 5.74) is 5.77. The fourth-order valence-corrected chi connectivity index (χ4v) is 3.99. The summed E-state index contributed by atoms with van der Waals surface area (Å²) in [6, 6.07) is 10.9. The van der Waals surface area contributed by atoms with Crippen LogP contribution < -0.4 is 19.6 Å². The van der Waals surface area contributed by atoms with E-state index in [1.807, 2.05) is 30.3 Å². The third kappa shape index (κ3) is 3.29. The van der Waals surface area contributed by atoms with Gasteiger partial charge >= 0.3 is 0 Å². The summed E-state index contributed by atoms with van der Waals surface area (Å²) in [5.74, 6) is 1.25. The van der Waals surface area contributed by atoms with Gasteiger partial charge in [0, 0.05) is 17.5 Å². The van der Waals surface area contributed by atoms with Gasteiger partial charge in [0.05, 0.1) is 33.0 Å². The molecule has 0 bridgehead atoms. The SMILES string of the molecule is COc1ccc(C2=CC3=NNC(=O)C3C(c3ccc(OC)c(OC)c3)C2)c(O)c1. The number of hydrazone groups is 1. The Balaban J connectivity index is 1.77. The first-order valence-electron chi connectivity index (χ1n) is 9.23. The predicted octanol–water partition coefficient (Wildman–Crippen LogP) is 3.09. The lowest BCUT2D eigenvalue weighted by Crippen LogP contribution is -2.31. The van der Waals surface area contributed by atoms with E-state index < -0.39 is 5.92 Å². The zero-order valence-electron chi connectivity index (χ0n) is 16.4. The Kier molecular flexibility index (Phi) is 4.88. The van der Waals surface area contributed by atoms with Crippen molar-refractivity contribution in [3.63, 3.8) is 0 Å². The minimum Gasteiger partial charge on any atom is -0.507 e. The molecule has 0 saturated carbocycles. The van der Waals surface area contributed by atoms with Crippen LogP contribution in [0.25, 0.3) is 5.57 Å². The van der Waals surface area contributed by atoms with Crippen molar-refractivity contribution in [2.24, 2.45) is 11.0 Å². The second kappa shape index (κ2) is 7.50. The number of allylic oxidation sites excluding steroid dienone is 2. The van der Waals surface area contributed by atoms with Crippen LogP contribution in [-0.2, 0) is 4.79 Å². The van der Waals surface area contributed by atoms with Crippen molar-refractivity contribution < 1.29 is 24.1 Å². The molecular weight excluding hydrogens is 372 g/mol. The second-order valence-corrected chi connectivity index (χ2v) is 6.97. The maximum absolute atomic E-state index is 12.5. The zero-order valence-corrected chi connectivity index (χ0v) is 16.4. The highest BCUT2D eigenvalue weighted by Gasteiger charge is 2.41. The molecule has 1 aliphatic carbocycles. The third-order valence-corrected chi connectivity index (χ3v) is 5.45. The van der Waals surface area contributed by atoms with Gasteiger partial charge in [-0.15, -0.1) is 0 Å². The number of aromatic hydroxyl groups is 1. The van der Waals surface area contributed by atoms with Crippen LogP contribution >= 0.6 is 0 Å². The lowest BCUT2D eigenvalue weighted by Gasteiger charge is -2.29. The molecule has 150 valence electrons. The van der Waals surface area contributed by atoms with Crippen molar-refractivity contribution in [3.05, 3.63) is 53.6 Å². The summed E-state index contributed by atoms with van der Waals surface area (Å²) in [7, 11) is 4.72. The molecule has 29 heavy (non-hydrogen) atoms. The molecule has 2 atom stereocenters. The Morgan fingerprint density at radius 1 is 1.03 bits per heavy atom. The van der Waals surface area contributed by atoms with Gasteiger partial charge in [0.1, 0.15) is 11.5 Å². The van der Waals surface area contributed by atoms with Gasteiger partial charge in [-0.1, -0.05) is 6.07 Å². The molecule has 2 unspecified atom stereocenters.